The summed E-state index contributed by atoms with van der Waals surface area (Å²) in [6, 6.07) is 22.4. The topological polar surface area (TPSA) is 34.0 Å². The molecule has 5 heteroatoms. The summed E-state index contributed by atoms with van der Waals surface area (Å²) in [5, 5.41) is 4.05. The first-order chi connectivity index (χ1) is 12.3. The van der Waals surface area contributed by atoms with Crippen LogP contribution >= 0.6 is 23.1 Å². The molecule has 1 aliphatic rings. The number of thiophene rings is 1. The average molecular weight is 364 g/mol. The molecule has 0 aliphatic carbocycles. The number of aliphatic imine (C=N–C) groups is 2. The van der Waals surface area contributed by atoms with Gasteiger partial charge in [-0.1, -0.05) is 36.4 Å². The molecule has 25 heavy (non-hydrogen) atoms. The number of benzene rings is 2. The Bertz CT molecular complexity index is 901. The molecule has 0 fully saturated rings. The van der Waals surface area contributed by atoms with Crippen LogP contribution in [0, 0.1) is 0 Å². The van der Waals surface area contributed by atoms with Crippen molar-refractivity contribution in [1.82, 2.24) is 0 Å². The third-order valence-corrected chi connectivity index (χ3v) is 5.81. The van der Waals surface area contributed by atoms with E-state index in [4.69, 9.17) is 14.7 Å². The number of hydrogen-bond donors (Lipinski definition) is 0. The van der Waals surface area contributed by atoms with Gasteiger partial charge in [-0.2, -0.15) is 0 Å². The normalized spacial score (nSPS) is 16.9. The van der Waals surface area contributed by atoms with E-state index < -0.39 is 0 Å². The fraction of sp³-hybridized carbons (Fsp3) is 0.100. The molecule has 0 radical (unpaired) electrons. The molecule has 3 aromatic rings. The van der Waals surface area contributed by atoms with Crippen molar-refractivity contribution < 1.29 is 4.74 Å². The van der Waals surface area contributed by atoms with Crippen molar-refractivity contribution in [2.45, 2.75) is 6.17 Å². The third-order valence-electron chi connectivity index (χ3n) is 3.83. The van der Waals surface area contributed by atoms with E-state index in [1.165, 1.54) is 0 Å². The van der Waals surface area contributed by atoms with Crippen molar-refractivity contribution in [3.63, 3.8) is 0 Å². The van der Waals surface area contributed by atoms with Crippen LogP contribution in [0.2, 0.25) is 0 Å². The van der Waals surface area contributed by atoms with Crippen LogP contribution in [0.15, 0.2) is 82.1 Å². The van der Waals surface area contributed by atoms with Gasteiger partial charge in [-0.25, -0.2) is 9.98 Å². The Hall–Kier alpha value is -2.37. The van der Waals surface area contributed by atoms with Crippen LogP contribution in [-0.4, -0.2) is 17.2 Å². The van der Waals surface area contributed by atoms with Crippen molar-refractivity contribution in [3.05, 3.63) is 88.1 Å². The monoisotopic (exact) mass is 364 g/mol. The molecule has 3 nitrogen and oxygen atoms in total. The minimum atomic E-state index is -0.187. The Morgan fingerprint density at radius 3 is 2.08 bits per heavy atom. The number of nitrogens with zero attached hydrogens (tertiary/aromatic N) is 2. The molecular formula is C20H16N2OS2. The lowest BCUT2D eigenvalue weighted by Gasteiger charge is -2.19. The number of hydrogen-bond acceptors (Lipinski definition) is 5. The van der Waals surface area contributed by atoms with Crippen LogP contribution in [0.5, 0.6) is 5.75 Å². The zero-order valence-corrected chi connectivity index (χ0v) is 15.3. The Morgan fingerprint density at radius 1 is 0.800 bits per heavy atom. The minimum Gasteiger partial charge on any atom is -0.497 e. The number of methoxy groups -OCH3 is 1. The first-order valence-electron chi connectivity index (χ1n) is 7.90. The van der Waals surface area contributed by atoms with Crippen molar-refractivity contribution in [3.8, 4) is 5.75 Å². The van der Waals surface area contributed by atoms with Gasteiger partial charge in [0.2, 0.25) is 0 Å². The maximum Gasteiger partial charge on any atom is 0.176 e. The summed E-state index contributed by atoms with van der Waals surface area (Å²) in [4.78, 5) is 10.9. The van der Waals surface area contributed by atoms with Gasteiger partial charge in [0, 0.05) is 11.1 Å². The summed E-state index contributed by atoms with van der Waals surface area (Å²) in [6.07, 6.45) is -0.187. The highest BCUT2D eigenvalue weighted by atomic mass is 32.2. The number of ether oxygens (including phenoxy) is 1. The SMILES string of the molecule is COc1ccc(C2=N[C@H](c3cccs3)N=C(c3ccccc3)S2)cc1. The first kappa shape index (κ1) is 16.1. The Balaban J connectivity index is 1.73. The molecule has 124 valence electrons. The fourth-order valence-corrected chi connectivity index (χ4v) is 4.24. The molecule has 0 spiro atoms. The summed E-state index contributed by atoms with van der Waals surface area (Å²) in [6.45, 7) is 0. The van der Waals surface area contributed by atoms with Gasteiger partial charge in [0.1, 0.15) is 15.8 Å². The van der Waals surface area contributed by atoms with E-state index in [-0.39, 0.29) is 6.17 Å². The lowest BCUT2D eigenvalue weighted by Crippen LogP contribution is -2.12. The fourth-order valence-electron chi connectivity index (χ4n) is 2.54. The molecular weight excluding hydrogens is 348 g/mol. The van der Waals surface area contributed by atoms with Crippen molar-refractivity contribution in [2.24, 2.45) is 9.98 Å². The molecule has 0 saturated heterocycles. The molecule has 1 atom stereocenters. The predicted octanol–water partition coefficient (Wildman–Crippen LogP) is 5.40. The quantitative estimate of drug-likeness (QED) is 0.621. The zero-order valence-electron chi connectivity index (χ0n) is 13.6. The van der Waals surface area contributed by atoms with E-state index in [1.54, 1.807) is 30.2 Å². The third kappa shape index (κ3) is 3.52. The van der Waals surface area contributed by atoms with Gasteiger partial charge in [-0.3, -0.25) is 0 Å². The molecule has 0 amide bonds. The summed E-state index contributed by atoms with van der Waals surface area (Å²) in [7, 11) is 1.68. The highest BCUT2D eigenvalue weighted by Crippen LogP contribution is 2.34. The van der Waals surface area contributed by atoms with E-state index in [0.29, 0.717) is 0 Å². The maximum absolute atomic E-state index is 5.26. The van der Waals surface area contributed by atoms with Crippen LogP contribution in [0.3, 0.4) is 0 Å². The molecule has 0 bridgehead atoms. The standard InChI is InChI=1S/C20H16N2OS2/c1-23-16-11-9-15(10-12-16)20-22-18(17-8-5-13-24-17)21-19(25-20)14-6-3-2-4-7-14/h2-13,18H,1H3/t18-/m1/s1. The Morgan fingerprint density at radius 2 is 1.48 bits per heavy atom. The van der Waals surface area contributed by atoms with Crippen LogP contribution in [0.25, 0.3) is 0 Å². The minimum absolute atomic E-state index is 0.187. The lowest BCUT2D eigenvalue weighted by atomic mass is 10.2. The van der Waals surface area contributed by atoms with Crippen LogP contribution in [0.4, 0.5) is 0 Å². The highest BCUT2D eigenvalue weighted by Gasteiger charge is 2.22. The molecule has 1 aliphatic heterocycles. The Kier molecular flexibility index (Phi) is 4.68. The second-order valence-corrected chi connectivity index (χ2v) is 7.41. The molecule has 0 saturated carbocycles. The second kappa shape index (κ2) is 7.25. The van der Waals surface area contributed by atoms with Gasteiger partial charge < -0.3 is 4.74 Å². The predicted molar refractivity (Wildman–Crippen MR) is 107 cm³/mol. The summed E-state index contributed by atoms with van der Waals surface area (Å²) in [5.74, 6) is 0.844. The van der Waals surface area contributed by atoms with Crippen LogP contribution in [-0.2, 0) is 0 Å². The number of thioether (sulfide) groups is 1. The first-order valence-corrected chi connectivity index (χ1v) is 9.60. The molecule has 1 aromatic heterocycles. The highest BCUT2D eigenvalue weighted by molar-refractivity contribution is 8.27. The van der Waals surface area contributed by atoms with Gasteiger partial charge in [0.15, 0.2) is 6.17 Å². The van der Waals surface area contributed by atoms with Crippen LogP contribution in [0.1, 0.15) is 22.2 Å². The summed E-state index contributed by atoms with van der Waals surface area (Å²) >= 11 is 3.30. The van der Waals surface area contributed by atoms with Gasteiger partial charge in [-0.05, 0) is 47.5 Å². The molecule has 2 aromatic carbocycles. The average Bonchev–Trinajstić information content (AvgIpc) is 3.23. The van der Waals surface area contributed by atoms with Gasteiger partial charge in [-0.15, -0.1) is 11.3 Å². The van der Waals surface area contributed by atoms with Crippen LogP contribution < -0.4 is 4.74 Å². The zero-order chi connectivity index (χ0) is 17.1. The van der Waals surface area contributed by atoms with E-state index in [1.807, 2.05) is 48.5 Å². The van der Waals surface area contributed by atoms with Crippen molar-refractivity contribution in [2.75, 3.05) is 7.11 Å². The van der Waals surface area contributed by atoms with Crippen molar-refractivity contribution >= 4 is 33.2 Å². The van der Waals surface area contributed by atoms with Crippen molar-refractivity contribution in [1.29, 1.82) is 0 Å². The lowest BCUT2D eigenvalue weighted by molar-refractivity contribution is 0.415. The van der Waals surface area contributed by atoms with E-state index in [0.717, 1.165) is 31.8 Å². The van der Waals surface area contributed by atoms with E-state index in [9.17, 15) is 0 Å². The Labute approximate surface area is 155 Å². The molecule has 0 unspecified atom stereocenters. The molecule has 4 rings (SSSR count). The smallest absolute Gasteiger partial charge is 0.176 e. The number of rotatable bonds is 4. The molecule has 0 N–H and O–H groups in total. The van der Waals surface area contributed by atoms with Gasteiger partial charge >= 0.3 is 0 Å². The van der Waals surface area contributed by atoms with E-state index in [2.05, 4.69) is 23.6 Å². The molecule has 2 heterocycles. The van der Waals surface area contributed by atoms with E-state index >= 15 is 0 Å². The largest absolute Gasteiger partial charge is 0.497 e. The summed E-state index contributed by atoms with van der Waals surface area (Å²) in [5.41, 5.74) is 2.20. The maximum atomic E-state index is 5.26. The second-order valence-electron chi connectivity index (χ2n) is 5.45. The van der Waals surface area contributed by atoms with Gasteiger partial charge in [0.05, 0.1) is 12.0 Å². The summed E-state index contributed by atoms with van der Waals surface area (Å²) < 4.78 is 5.26. The van der Waals surface area contributed by atoms with Gasteiger partial charge in [0.25, 0.3) is 0 Å².